The monoisotopic (exact) mass is 226 g/mol. The standard InChI is InChI=1S/C12H22N2O2/c1-10(12(15)16)3-6-13-9-11-4-7-14(2)8-5-11/h3,11,13H,4-9H2,1-2H3,(H,15,16)/b10-3-. The Hall–Kier alpha value is -0.870. The predicted molar refractivity (Wildman–Crippen MR) is 64.5 cm³/mol. The fraction of sp³-hybridized carbons (Fsp3) is 0.750. The van der Waals surface area contributed by atoms with E-state index in [1.165, 1.54) is 25.9 Å². The quantitative estimate of drug-likeness (QED) is 0.541. The third-order valence-electron chi connectivity index (χ3n) is 3.16. The van der Waals surface area contributed by atoms with Crippen molar-refractivity contribution in [3.63, 3.8) is 0 Å². The van der Waals surface area contributed by atoms with Crippen molar-refractivity contribution in [3.05, 3.63) is 11.6 Å². The largest absolute Gasteiger partial charge is 0.478 e. The molecule has 1 aliphatic rings. The maximum Gasteiger partial charge on any atom is 0.330 e. The second kappa shape index (κ2) is 6.66. The van der Waals surface area contributed by atoms with E-state index >= 15 is 0 Å². The van der Waals surface area contributed by atoms with E-state index in [1.807, 2.05) is 0 Å². The van der Waals surface area contributed by atoms with Gasteiger partial charge in [0.05, 0.1) is 0 Å². The normalized spacial score (nSPS) is 20.0. The molecule has 0 aromatic rings. The lowest BCUT2D eigenvalue weighted by molar-refractivity contribution is -0.132. The van der Waals surface area contributed by atoms with Gasteiger partial charge >= 0.3 is 5.97 Å². The molecule has 1 fully saturated rings. The molecule has 0 atom stereocenters. The summed E-state index contributed by atoms with van der Waals surface area (Å²) in [4.78, 5) is 12.9. The molecule has 92 valence electrons. The summed E-state index contributed by atoms with van der Waals surface area (Å²) in [5.74, 6) is -0.0872. The number of piperidine rings is 1. The van der Waals surface area contributed by atoms with E-state index in [0.29, 0.717) is 12.1 Å². The highest BCUT2D eigenvalue weighted by Crippen LogP contribution is 2.14. The van der Waals surface area contributed by atoms with Crippen molar-refractivity contribution >= 4 is 5.97 Å². The Kier molecular flexibility index (Phi) is 5.49. The van der Waals surface area contributed by atoms with Crippen molar-refractivity contribution in [2.75, 3.05) is 33.2 Å². The number of likely N-dealkylation sites (tertiary alicyclic amines) is 1. The first-order valence-corrected chi connectivity index (χ1v) is 5.89. The molecule has 1 saturated heterocycles. The molecule has 16 heavy (non-hydrogen) atoms. The van der Waals surface area contributed by atoms with Crippen LogP contribution < -0.4 is 5.32 Å². The first-order chi connectivity index (χ1) is 7.59. The van der Waals surface area contributed by atoms with Gasteiger partial charge in [-0.25, -0.2) is 4.79 Å². The molecule has 1 aliphatic heterocycles. The second-order valence-electron chi connectivity index (χ2n) is 4.60. The van der Waals surface area contributed by atoms with Crippen LogP contribution in [0, 0.1) is 5.92 Å². The van der Waals surface area contributed by atoms with Gasteiger partial charge in [0, 0.05) is 12.1 Å². The molecule has 1 heterocycles. The zero-order chi connectivity index (χ0) is 12.0. The molecule has 2 N–H and O–H groups in total. The highest BCUT2D eigenvalue weighted by Gasteiger charge is 2.15. The summed E-state index contributed by atoms with van der Waals surface area (Å²) >= 11 is 0. The highest BCUT2D eigenvalue weighted by atomic mass is 16.4. The third kappa shape index (κ3) is 4.77. The molecule has 0 saturated carbocycles. The lowest BCUT2D eigenvalue weighted by Crippen LogP contribution is -2.35. The van der Waals surface area contributed by atoms with Crippen molar-refractivity contribution in [1.82, 2.24) is 10.2 Å². The van der Waals surface area contributed by atoms with Crippen LogP contribution in [0.1, 0.15) is 19.8 Å². The van der Waals surface area contributed by atoms with Gasteiger partial charge in [-0.05, 0) is 52.4 Å². The minimum absolute atomic E-state index is 0.413. The van der Waals surface area contributed by atoms with Gasteiger partial charge in [0.2, 0.25) is 0 Å². The summed E-state index contributed by atoms with van der Waals surface area (Å²) < 4.78 is 0. The van der Waals surface area contributed by atoms with E-state index in [-0.39, 0.29) is 0 Å². The maximum atomic E-state index is 10.5. The summed E-state index contributed by atoms with van der Waals surface area (Å²) in [5.41, 5.74) is 0.413. The van der Waals surface area contributed by atoms with Crippen molar-refractivity contribution in [3.8, 4) is 0 Å². The predicted octanol–water partition coefficient (Wildman–Crippen LogP) is 0.949. The summed E-state index contributed by atoms with van der Waals surface area (Å²) in [7, 11) is 2.16. The number of carbonyl (C=O) groups is 1. The highest BCUT2D eigenvalue weighted by molar-refractivity contribution is 5.85. The topological polar surface area (TPSA) is 52.6 Å². The molecular weight excluding hydrogens is 204 g/mol. The van der Waals surface area contributed by atoms with Crippen LogP contribution in [0.5, 0.6) is 0 Å². The minimum Gasteiger partial charge on any atom is -0.478 e. The molecule has 0 bridgehead atoms. The van der Waals surface area contributed by atoms with E-state index in [0.717, 1.165) is 12.5 Å². The van der Waals surface area contributed by atoms with E-state index in [9.17, 15) is 4.79 Å². The van der Waals surface area contributed by atoms with Gasteiger partial charge in [0.15, 0.2) is 0 Å². The molecule has 0 spiro atoms. The lowest BCUT2D eigenvalue weighted by Gasteiger charge is -2.28. The van der Waals surface area contributed by atoms with Crippen LogP contribution in [0.25, 0.3) is 0 Å². The van der Waals surface area contributed by atoms with Gasteiger partial charge in [-0.15, -0.1) is 0 Å². The number of hydrogen-bond acceptors (Lipinski definition) is 3. The van der Waals surface area contributed by atoms with Gasteiger partial charge in [-0.2, -0.15) is 0 Å². The molecule has 1 rings (SSSR count). The molecule has 0 aliphatic carbocycles. The van der Waals surface area contributed by atoms with Gasteiger partial charge in [-0.1, -0.05) is 6.08 Å². The molecule has 0 amide bonds. The Labute approximate surface area is 97.3 Å². The van der Waals surface area contributed by atoms with Crippen molar-refractivity contribution < 1.29 is 9.90 Å². The number of aliphatic carboxylic acids is 1. The van der Waals surface area contributed by atoms with Crippen LogP contribution in [0.3, 0.4) is 0 Å². The second-order valence-corrected chi connectivity index (χ2v) is 4.60. The first-order valence-electron chi connectivity index (χ1n) is 5.89. The van der Waals surface area contributed by atoms with Gasteiger partial charge in [0.25, 0.3) is 0 Å². The van der Waals surface area contributed by atoms with Crippen LogP contribution in [-0.4, -0.2) is 49.2 Å². The smallest absolute Gasteiger partial charge is 0.330 e. The Balaban J connectivity index is 2.12. The molecule has 4 nitrogen and oxygen atoms in total. The molecule has 0 radical (unpaired) electrons. The molecule has 0 aromatic heterocycles. The first kappa shape index (κ1) is 13.2. The molecular formula is C12H22N2O2. The van der Waals surface area contributed by atoms with Crippen LogP contribution in [0.2, 0.25) is 0 Å². The van der Waals surface area contributed by atoms with Crippen LogP contribution in [-0.2, 0) is 4.79 Å². The number of carboxylic acid groups (broad SMARTS) is 1. The van der Waals surface area contributed by atoms with Crippen LogP contribution in [0.15, 0.2) is 11.6 Å². The van der Waals surface area contributed by atoms with Crippen LogP contribution in [0.4, 0.5) is 0 Å². The summed E-state index contributed by atoms with van der Waals surface area (Å²) in [6.45, 7) is 5.63. The van der Waals surface area contributed by atoms with Gasteiger partial charge < -0.3 is 15.3 Å². The van der Waals surface area contributed by atoms with E-state index < -0.39 is 5.97 Å². The Morgan fingerprint density at radius 1 is 1.50 bits per heavy atom. The summed E-state index contributed by atoms with van der Waals surface area (Å²) in [5, 5.41) is 12.0. The van der Waals surface area contributed by atoms with Crippen LogP contribution >= 0.6 is 0 Å². The van der Waals surface area contributed by atoms with Gasteiger partial charge in [0.1, 0.15) is 0 Å². The van der Waals surface area contributed by atoms with Gasteiger partial charge in [-0.3, -0.25) is 0 Å². The SMILES string of the molecule is C/C(=C/CNCC1CCN(C)CC1)C(=O)O. The maximum absolute atomic E-state index is 10.5. The fourth-order valence-corrected chi connectivity index (χ4v) is 1.87. The van der Waals surface area contributed by atoms with E-state index in [4.69, 9.17) is 5.11 Å². The fourth-order valence-electron chi connectivity index (χ4n) is 1.87. The summed E-state index contributed by atoms with van der Waals surface area (Å²) in [6, 6.07) is 0. The Bertz CT molecular complexity index is 256. The Morgan fingerprint density at radius 2 is 2.12 bits per heavy atom. The molecule has 4 heteroatoms. The average Bonchev–Trinajstić information content (AvgIpc) is 2.26. The number of hydrogen-bond donors (Lipinski definition) is 2. The average molecular weight is 226 g/mol. The number of rotatable bonds is 5. The lowest BCUT2D eigenvalue weighted by atomic mass is 9.97. The zero-order valence-corrected chi connectivity index (χ0v) is 10.2. The van der Waals surface area contributed by atoms with E-state index in [1.54, 1.807) is 13.0 Å². The van der Waals surface area contributed by atoms with Crippen molar-refractivity contribution in [2.24, 2.45) is 5.92 Å². The molecule has 0 aromatic carbocycles. The molecule has 0 unspecified atom stereocenters. The number of nitrogens with zero attached hydrogens (tertiary/aromatic N) is 1. The minimum atomic E-state index is -0.832. The van der Waals surface area contributed by atoms with E-state index in [2.05, 4.69) is 17.3 Å². The number of carboxylic acids is 1. The summed E-state index contributed by atoms with van der Waals surface area (Å²) in [6.07, 6.45) is 4.22. The van der Waals surface area contributed by atoms with Crippen molar-refractivity contribution in [1.29, 1.82) is 0 Å². The number of nitrogens with one attached hydrogen (secondary N) is 1. The Morgan fingerprint density at radius 3 is 2.69 bits per heavy atom. The van der Waals surface area contributed by atoms with Crippen molar-refractivity contribution in [2.45, 2.75) is 19.8 Å². The zero-order valence-electron chi connectivity index (χ0n) is 10.2. The third-order valence-corrected chi connectivity index (χ3v) is 3.16.